The molecule has 1 aliphatic heterocycles. The highest BCUT2D eigenvalue weighted by Crippen LogP contribution is 2.14. The molecular formula is C18H21N5O3. The highest BCUT2D eigenvalue weighted by Gasteiger charge is 2.32. The van der Waals surface area contributed by atoms with Gasteiger partial charge in [0.25, 0.3) is 5.91 Å². The van der Waals surface area contributed by atoms with E-state index in [0.29, 0.717) is 37.6 Å². The first-order valence-electron chi connectivity index (χ1n) is 8.38. The van der Waals surface area contributed by atoms with Crippen LogP contribution in [0.2, 0.25) is 0 Å². The molecule has 1 fully saturated rings. The SMILES string of the molecule is COc1cc(C(=O)N2CCNC[C@@H]2C(=O)NCc2ccccn2)ccn1. The first-order valence-corrected chi connectivity index (χ1v) is 8.38. The molecule has 8 nitrogen and oxygen atoms in total. The summed E-state index contributed by atoms with van der Waals surface area (Å²) in [5, 5.41) is 6.02. The van der Waals surface area contributed by atoms with E-state index < -0.39 is 6.04 Å². The van der Waals surface area contributed by atoms with E-state index in [-0.39, 0.29) is 11.8 Å². The molecule has 8 heteroatoms. The smallest absolute Gasteiger partial charge is 0.254 e. The monoisotopic (exact) mass is 355 g/mol. The second kappa shape index (κ2) is 8.39. The molecule has 2 N–H and O–H groups in total. The lowest BCUT2D eigenvalue weighted by molar-refractivity contribution is -0.126. The number of pyridine rings is 2. The Hall–Kier alpha value is -3.00. The molecule has 0 spiro atoms. The largest absolute Gasteiger partial charge is 0.481 e. The summed E-state index contributed by atoms with van der Waals surface area (Å²) in [6.07, 6.45) is 3.20. The van der Waals surface area contributed by atoms with E-state index in [0.717, 1.165) is 5.69 Å². The molecule has 2 amide bonds. The minimum Gasteiger partial charge on any atom is -0.481 e. The van der Waals surface area contributed by atoms with Crippen LogP contribution in [0.25, 0.3) is 0 Å². The molecule has 136 valence electrons. The molecular weight excluding hydrogens is 334 g/mol. The number of nitrogens with zero attached hydrogens (tertiary/aromatic N) is 3. The molecule has 0 radical (unpaired) electrons. The molecule has 0 saturated carbocycles. The molecule has 26 heavy (non-hydrogen) atoms. The number of carbonyl (C=O) groups is 2. The number of rotatable bonds is 5. The zero-order valence-electron chi connectivity index (χ0n) is 14.5. The summed E-state index contributed by atoms with van der Waals surface area (Å²) < 4.78 is 5.07. The van der Waals surface area contributed by atoms with Crippen LogP contribution in [0.4, 0.5) is 0 Å². The number of ether oxygens (including phenoxy) is 1. The van der Waals surface area contributed by atoms with Crippen LogP contribution in [-0.4, -0.2) is 59.5 Å². The van der Waals surface area contributed by atoms with Gasteiger partial charge in [-0.3, -0.25) is 14.6 Å². The third kappa shape index (κ3) is 4.15. The molecule has 0 aliphatic carbocycles. The molecule has 2 aromatic rings. The quantitative estimate of drug-likeness (QED) is 0.796. The average Bonchev–Trinajstić information content (AvgIpc) is 2.72. The molecule has 1 atom stereocenters. The van der Waals surface area contributed by atoms with Crippen LogP contribution in [-0.2, 0) is 11.3 Å². The number of aromatic nitrogens is 2. The van der Waals surface area contributed by atoms with Crippen LogP contribution in [0.15, 0.2) is 42.7 Å². The van der Waals surface area contributed by atoms with Crippen LogP contribution in [0.5, 0.6) is 5.88 Å². The van der Waals surface area contributed by atoms with Gasteiger partial charge in [-0.15, -0.1) is 0 Å². The number of piperazine rings is 1. The van der Waals surface area contributed by atoms with E-state index in [1.165, 1.54) is 13.3 Å². The van der Waals surface area contributed by atoms with Gasteiger partial charge in [-0.05, 0) is 18.2 Å². The summed E-state index contributed by atoms with van der Waals surface area (Å²) in [7, 11) is 1.50. The second-order valence-electron chi connectivity index (χ2n) is 5.84. The lowest BCUT2D eigenvalue weighted by Crippen LogP contribution is -2.59. The lowest BCUT2D eigenvalue weighted by Gasteiger charge is -2.35. The van der Waals surface area contributed by atoms with Crippen LogP contribution >= 0.6 is 0 Å². The Labute approximate surface area is 151 Å². The van der Waals surface area contributed by atoms with Crippen molar-refractivity contribution in [3.05, 3.63) is 54.0 Å². The normalized spacial score (nSPS) is 16.8. The minimum atomic E-state index is -0.584. The molecule has 1 aliphatic rings. The van der Waals surface area contributed by atoms with E-state index in [4.69, 9.17) is 4.74 Å². The minimum absolute atomic E-state index is 0.211. The molecule has 1 saturated heterocycles. The zero-order valence-corrected chi connectivity index (χ0v) is 14.5. The number of methoxy groups -OCH3 is 1. The van der Waals surface area contributed by atoms with Crippen molar-refractivity contribution in [1.29, 1.82) is 0 Å². The van der Waals surface area contributed by atoms with Crippen molar-refractivity contribution in [2.75, 3.05) is 26.7 Å². The Balaban J connectivity index is 1.70. The van der Waals surface area contributed by atoms with Crippen LogP contribution in [0.1, 0.15) is 16.1 Å². The van der Waals surface area contributed by atoms with E-state index in [9.17, 15) is 9.59 Å². The number of nitrogens with one attached hydrogen (secondary N) is 2. The molecule has 0 aromatic carbocycles. The summed E-state index contributed by atoms with van der Waals surface area (Å²) in [5.41, 5.74) is 1.21. The van der Waals surface area contributed by atoms with E-state index in [1.54, 1.807) is 23.2 Å². The van der Waals surface area contributed by atoms with E-state index in [2.05, 4.69) is 20.6 Å². The van der Waals surface area contributed by atoms with Gasteiger partial charge >= 0.3 is 0 Å². The van der Waals surface area contributed by atoms with Gasteiger partial charge in [-0.25, -0.2) is 4.98 Å². The molecule has 0 unspecified atom stereocenters. The Morgan fingerprint density at radius 3 is 2.96 bits per heavy atom. The summed E-state index contributed by atoms with van der Waals surface area (Å²) in [5.74, 6) is -0.0652. The van der Waals surface area contributed by atoms with Crippen molar-refractivity contribution in [2.24, 2.45) is 0 Å². The lowest BCUT2D eigenvalue weighted by atomic mass is 10.1. The first kappa shape index (κ1) is 17.8. The van der Waals surface area contributed by atoms with Gasteiger partial charge < -0.3 is 20.3 Å². The fourth-order valence-corrected chi connectivity index (χ4v) is 2.80. The third-order valence-corrected chi connectivity index (χ3v) is 4.17. The number of amides is 2. The standard InChI is InChI=1S/C18H21N5O3/c1-26-16-10-13(5-7-21-16)18(25)23-9-8-19-12-15(23)17(24)22-11-14-4-2-3-6-20-14/h2-7,10,15,19H,8-9,11-12H2,1H3,(H,22,24)/t15-/m1/s1. The Morgan fingerprint density at radius 2 is 2.19 bits per heavy atom. The van der Waals surface area contributed by atoms with Gasteiger partial charge in [0.2, 0.25) is 11.8 Å². The molecule has 3 heterocycles. The van der Waals surface area contributed by atoms with Crippen molar-refractivity contribution >= 4 is 11.8 Å². The Bertz CT molecular complexity index is 768. The predicted molar refractivity (Wildman–Crippen MR) is 94.6 cm³/mol. The van der Waals surface area contributed by atoms with Gasteiger partial charge in [0.15, 0.2) is 0 Å². The summed E-state index contributed by atoms with van der Waals surface area (Å²) in [6.45, 7) is 1.81. The van der Waals surface area contributed by atoms with Gasteiger partial charge in [-0.2, -0.15) is 0 Å². The highest BCUT2D eigenvalue weighted by molar-refractivity contribution is 5.98. The summed E-state index contributed by atoms with van der Waals surface area (Å²) in [6, 6.07) is 8.14. The first-order chi connectivity index (χ1) is 12.7. The average molecular weight is 355 g/mol. The second-order valence-corrected chi connectivity index (χ2v) is 5.84. The maximum atomic E-state index is 12.9. The van der Waals surface area contributed by atoms with Crippen molar-refractivity contribution in [1.82, 2.24) is 25.5 Å². The van der Waals surface area contributed by atoms with Gasteiger partial charge in [-0.1, -0.05) is 6.07 Å². The summed E-state index contributed by atoms with van der Waals surface area (Å²) in [4.78, 5) is 35.3. The molecule has 3 rings (SSSR count). The Morgan fingerprint density at radius 1 is 1.31 bits per heavy atom. The summed E-state index contributed by atoms with van der Waals surface area (Å²) >= 11 is 0. The van der Waals surface area contributed by atoms with Crippen LogP contribution < -0.4 is 15.4 Å². The van der Waals surface area contributed by atoms with E-state index >= 15 is 0 Å². The van der Waals surface area contributed by atoms with Crippen molar-refractivity contribution in [2.45, 2.75) is 12.6 Å². The van der Waals surface area contributed by atoms with Crippen molar-refractivity contribution in [3.63, 3.8) is 0 Å². The topological polar surface area (TPSA) is 96.5 Å². The van der Waals surface area contributed by atoms with E-state index in [1.807, 2.05) is 18.2 Å². The number of carbonyl (C=O) groups excluding carboxylic acids is 2. The maximum absolute atomic E-state index is 12.9. The number of hydrogen-bond donors (Lipinski definition) is 2. The predicted octanol–water partition coefficient (Wildman–Crippen LogP) is 0.216. The fourth-order valence-electron chi connectivity index (χ4n) is 2.80. The highest BCUT2D eigenvalue weighted by atomic mass is 16.5. The maximum Gasteiger partial charge on any atom is 0.254 e. The van der Waals surface area contributed by atoms with Crippen LogP contribution in [0.3, 0.4) is 0 Å². The fraction of sp³-hybridized carbons (Fsp3) is 0.333. The molecule has 2 aromatic heterocycles. The van der Waals surface area contributed by atoms with Gasteiger partial charge in [0.1, 0.15) is 6.04 Å². The third-order valence-electron chi connectivity index (χ3n) is 4.17. The Kier molecular flexibility index (Phi) is 5.75. The van der Waals surface area contributed by atoms with Crippen molar-refractivity contribution < 1.29 is 14.3 Å². The van der Waals surface area contributed by atoms with Crippen LogP contribution in [0, 0.1) is 0 Å². The number of hydrogen-bond acceptors (Lipinski definition) is 6. The van der Waals surface area contributed by atoms with Gasteiger partial charge in [0, 0.05) is 43.7 Å². The van der Waals surface area contributed by atoms with Crippen molar-refractivity contribution in [3.8, 4) is 5.88 Å². The van der Waals surface area contributed by atoms with Gasteiger partial charge in [0.05, 0.1) is 19.3 Å². The molecule has 0 bridgehead atoms. The zero-order chi connectivity index (χ0) is 18.4.